The summed E-state index contributed by atoms with van der Waals surface area (Å²) in [7, 11) is 0. The number of aliphatic imine (C=N–C) groups is 1. The zero-order valence-corrected chi connectivity index (χ0v) is 19.2. The predicted molar refractivity (Wildman–Crippen MR) is 118 cm³/mol. The van der Waals surface area contributed by atoms with E-state index in [4.69, 9.17) is 4.99 Å². The molecule has 2 rings (SSSR count). The summed E-state index contributed by atoms with van der Waals surface area (Å²) in [6.07, 6.45) is 0. The third-order valence-corrected chi connectivity index (χ3v) is 5.85. The van der Waals surface area contributed by atoms with Gasteiger partial charge >= 0.3 is 0 Å². The lowest BCUT2D eigenvalue weighted by Crippen LogP contribution is -2.51. The molecule has 6 nitrogen and oxygen atoms in total. The molecule has 2 aliphatic rings. The zero-order valence-electron chi connectivity index (χ0n) is 16.1. The van der Waals surface area contributed by atoms with Crippen LogP contribution in [0.3, 0.4) is 0 Å². The fourth-order valence-corrected chi connectivity index (χ4v) is 4.32. The molecule has 0 spiro atoms. The van der Waals surface area contributed by atoms with Crippen molar-refractivity contribution in [1.82, 2.24) is 20.0 Å². The van der Waals surface area contributed by atoms with Gasteiger partial charge in [-0.05, 0) is 20.8 Å². The molecule has 146 valence electrons. The van der Waals surface area contributed by atoms with Gasteiger partial charge in [0.25, 0.3) is 0 Å². The molecule has 0 aromatic carbocycles. The number of nitrogens with one attached hydrogen (secondary N) is 1. The number of amides is 1. The minimum absolute atomic E-state index is 0. The van der Waals surface area contributed by atoms with Crippen molar-refractivity contribution in [2.45, 2.75) is 32.4 Å². The van der Waals surface area contributed by atoms with E-state index in [-0.39, 0.29) is 34.6 Å². The first-order chi connectivity index (χ1) is 11.4. The number of nitrogens with zero attached hydrogens (tertiary/aromatic N) is 4. The Labute approximate surface area is 174 Å². The van der Waals surface area contributed by atoms with Gasteiger partial charge in [-0.15, -0.1) is 24.0 Å². The van der Waals surface area contributed by atoms with Crippen LogP contribution < -0.4 is 5.32 Å². The Morgan fingerprint density at radius 2 is 1.84 bits per heavy atom. The standard InChI is InChI=1S/C17H33N5OS.HI/c1-5-18-16(22-12-13-24-17(3,4)14-22)19-6-7-20-8-10-21(11-9-20)15(2)23;/h5-14H2,1-4H3,(H,18,19);1H. The van der Waals surface area contributed by atoms with Gasteiger partial charge in [0, 0.05) is 69.8 Å². The molecule has 0 aromatic rings. The fraction of sp³-hybridized carbons (Fsp3) is 0.882. The van der Waals surface area contributed by atoms with E-state index in [2.05, 4.69) is 35.9 Å². The van der Waals surface area contributed by atoms with Crippen molar-refractivity contribution in [3.05, 3.63) is 0 Å². The molecule has 1 amide bonds. The maximum absolute atomic E-state index is 11.4. The zero-order chi connectivity index (χ0) is 17.6. The van der Waals surface area contributed by atoms with Gasteiger partial charge in [-0.3, -0.25) is 14.7 Å². The minimum atomic E-state index is 0. The molecule has 0 saturated carbocycles. The number of rotatable bonds is 4. The Hall–Kier alpha value is -0.220. The Morgan fingerprint density at radius 3 is 2.40 bits per heavy atom. The Morgan fingerprint density at radius 1 is 1.16 bits per heavy atom. The molecule has 2 heterocycles. The molecular weight excluding hydrogens is 449 g/mol. The van der Waals surface area contributed by atoms with E-state index in [9.17, 15) is 4.79 Å². The lowest BCUT2D eigenvalue weighted by molar-refractivity contribution is -0.130. The van der Waals surface area contributed by atoms with Crippen molar-refractivity contribution in [3.63, 3.8) is 0 Å². The highest BCUT2D eigenvalue weighted by atomic mass is 127. The quantitative estimate of drug-likeness (QED) is 0.374. The average Bonchev–Trinajstić information content (AvgIpc) is 2.53. The number of thioether (sulfide) groups is 1. The van der Waals surface area contributed by atoms with Gasteiger partial charge in [0.1, 0.15) is 0 Å². The second kappa shape index (κ2) is 10.8. The van der Waals surface area contributed by atoms with Crippen molar-refractivity contribution in [2.75, 3.05) is 64.7 Å². The second-order valence-corrected chi connectivity index (χ2v) is 8.92. The Balaban J connectivity index is 0.00000312. The van der Waals surface area contributed by atoms with Gasteiger partial charge in [-0.2, -0.15) is 11.8 Å². The molecule has 0 atom stereocenters. The van der Waals surface area contributed by atoms with E-state index in [1.165, 1.54) is 0 Å². The first-order valence-electron chi connectivity index (χ1n) is 9.06. The van der Waals surface area contributed by atoms with Gasteiger partial charge in [0.05, 0.1) is 6.54 Å². The molecule has 0 aromatic heterocycles. The number of carbonyl (C=O) groups is 1. The van der Waals surface area contributed by atoms with Crippen LogP contribution in [0.25, 0.3) is 0 Å². The highest BCUT2D eigenvalue weighted by molar-refractivity contribution is 14.0. The predicted octanol–water partition coefficient (Wildman–Crippen LogP) is 1.56. The van der Waals surface area contributed by atoms with Crippen molar-refractivity contribution in [1.29, 1.82) is 0 Å². The smallest absolute Gasteiger partial charge is 0.219 e. The molecule has 1 N–H and O–H groups in total. The maximum Gasteiger partial charge on any atom is 0.219 e. The monoisotopic (exact) mass is 483 g/mol. The molecule has 0 radical (unpaired) electrons. The molecule has 25 heavy (non-hydrogen) atoms. The number of piperazine rings is 1. The van der Waals surface area contributed by atoms with E-state index in [0.29, 0.717) is 0 Å². The molecule has 0 bridgehead atoms. The van der Waals surface area contributed by atoms with Crippen LogP contribution in [0.4, 0.5) is 0 Å². The van der Waals surface area contributed by atoms with E-state index < -0.39 is 0 Å². The fourth-order valence-electron chi connectivity index (χ4n) is 3.21. The number of halogens is 1. The van der Waals surface area contributed by atoms with E-state index in [1.54, 1.807) is 6.92 Å². The largest absolute Gasteiger partial charge is 0.357 e. The van der Waals surface area contributed by atoms with Crippen molar-refractivity contribution in [2.24, 2.45) is 4.99 Å². The summed E-state index contributed by atoms with van der Waals surface area (Å²) in [5.74, 6) is 2.39. The third kappa shape index (κ3) is 7.50. The maximum atomic E-state index is 11.4. The molecule has 2 fully saturated rings. The number of carbonyl (C=O) groups excluding carboxylic acids is 1. The summed E-state index contributed by atoms with van der Waals surface area (Å²) in [6, 6.07) is 0. The van der Waals surface area contributed by atoms with Crippen LogP contribution >= 0.6 is 35.7 Å². The summed E-state index contributed by atoms with van der Waals surface area (Å²) >= 11 is 2.04. The summed E-state index contributed by atoms with van der Waals surface area (Å²) in [5.41, 5.74) is 0. The van der Waals surface area contributed by atoms with Gasteiger partial charge in [-0.1, -0.05) is 0 Å². The van der Waals surface area contributed by atoms with Gasteiger partial charge in [0.2, 0.25) is 5.91 Å². The summed E-state index contributed by atoms with van der Waals surface area (Å²) < 4.78 is 0.289. The number of hydrogen-bond acceptors (Lipinski definition) is 4. The van der Waals surface area contributed by atoms with E-state index >= 15 is 0 Å². The van der Waals surface area contributed by atoms with E-state index in [0.717, 1.165) is 70.6 Å². The van der Waals surface area contributed by atoms with Crippen molar-refractivity contribution >= 4 is 47.6 Å². The van der Waals surface area contributed by atoms with Gasteiger partial charge in [-0.25, -0.2) is 0 Å². The van der Waals surface area contributed by atoms with Crippen LogP contribution in [0.5, 0.6) is 0 Å². The summed E-state index contributed by atoms with van der Waals surface area (Å²) in [6.45, 7) is 16.8. The molecule has 2 saturated heterocycles. The normalized spacial score (nSPS) is 21.7. The van der Waals surface area contributed by atoms with Gasteiger partial charge in [0.15, 0.2) is 5.96 Å². The van der Waals surface area contributed by atoms with Crippen LogP contribution in [0, 0.1) is 0 Å². The lowest BCUT2D eigenvalue weighted by Gasteiger charge is -2.39. The SMILES string of the molecule is CCNC(=NCCN1CCN(C(C)=O)CC1)N1CCSC(C)(C)C1.I. The molecule has 8 heteroatoms. The molecule has 0 aliphatic carbocycles. The van der Waals surface area contributed by atoms with Crippen LogP contribution in [0.15, 0.2) is 4.99 Å². The number of hydrogen-bond donors (Lipinski definition) is 1. The topological polar surface area (TPSA) is 51.2 Å². The molecule has 0 unspecified atom stereocenters. The van der Waals surface area contributed by atoms with Crippen molar-refractivity contribution < 1.29 is 4.79 Å². The third-order valence-electron chi connectivity index (χ3n) is 4.56. The summed E-state index contributed by atoms with van der Waals surface area (Å²) in [4.78, 5) is 23.0. The van der Waals surface area contributed by atoms with Crippen LogP contribution in [0.2, 0.25) is 0 Å². The highest BCUT2D eigenvalue weighted by Crippen LogP contribution is 2.29. The average molecular weight is 483 g/mol. The van der Waals surface area contributed by atoms with Crippen LogP contribution in [-0.4, -0.2) is 96.0 Å². The second-order valence-electron chi connectivity index (χ2n) is 7.11. The van der Waals surface area contributed by atoms with Crippen LogP contribution in [-0.2, 0) is 4.79 Å². The summed E-state index contributed by atoms with van der Waals surface area (Å²) in [5, 5.41) is 3.45. The van der Waals surface area contributed by atoms with Crippen molar-refractivity contribution in [3.8, 4) is 0 Å². The first kappa shape index (κ1) is 22.8. The van der Waals surface area contributed by atoms with Crippen LogP contribution in [0.1, 0.15) is 27.7 Å². The van der Waals surface area contributed by atoms with E-state index in [1.807, 2.05) is 16.7 Å². The first-order valence-corrected chi connectivity index (χ1v) is 10.0. The number of guanidine groups is 1. The Bertz CT molecular complexity index is 452. The lowest BCUT2D eigenvalue weighted by atomic mass is 10.2. The molecule has 2 aliphatic heterocycles. The van der Waals surface area contributed by atoms with Gasteiger partial charge < -0.3 is 15.1 Å². The highest BCUT2D eigenvalue weighted by Gasteiger charge is 2.28. The Kier molecular flexibility index (Phi) is 9.87. The minimum Gasteiger partial charge on any atom is -0.357 e. The molecular formula is C17H34IN5OS.